The third-order valence-corrected chi connectivity index (χ3v) is 4.17. The number of hydrogen-bond acceptors (Lipinski definition) is 4. The van der Waals surface area contributed by atoms with Gasteiger partial charge in [-0.1, -0.05) is 0 Å². The Labute approximate surface area is 131 Å². The number of nitrogens with zero attached hydrogens (tertiary/aromatic N) is 2. The molecule has 1 aromatic heterocycles. The number of hydrogen-bond donors (Lipinski definition) is 1. The second-order valence-corrected chi connectivity index (χ2v) is 5.87. The van der Waals surface area contributed by atoms with Crippen molar-refractivity contribution in [2.24, 2.45) is 0 Å². The van der Waals surface area contributed by atoms with Crippen LogP contribution < -0.4 is 0 Å². The Hall–Kier alpha value is -1.97. The summed E-state index contributed by atoms with van der Waals surface area (Å²) >= 11 is 1.14. The van der Waals surface area contributed by atoms with E-state index < -0.39 is 17.7 Å². The Balaban J connectivity index is 2.20. The average molecular weight is 320 g/mol. The van der Waals surface area contributed by atoms with E-state index in [0.717, 1.165) is 41.2 Å². The van der Waals surface area contributed by atoms with Crippen LogP contribution in [0.3, 0.4) is 0 Å². The number of aryl methyl sites for hydroxylation is 2. The lowest BCUT2D eigenvalue weighted by atomic mass is 10.1. The number of aliphatic hydroxyl groups excluding tert-OH is 1. The molecule has 114 valence electrons. The molecular formula is C16H14F2N2OS. The van der Waals surface area contributed by atoms with Crippen molar-refractivity contribution in [1.82, 2.24) is 4.98 Å². The molecule has 0 spiro atoms. The van der Waals surface area contributed by atoms with Crippen molar-refractivity contribution in [3.63, 3.8) is 0 Å². The molecule has 0 aliphatic carbocycles. The summed E-state index contributed by atoms with van der Waals surface area (Å²) in [5.74, 6) is -1.20. The summed E-state index contributed by atoms with van der Waals surface area (Å²) in [4.78, 5) is 4.27. The monoisotopic (exact) mass is 320 g/mol. The minimum Gasteiger partial charge on any atom is -0.387 e. The maximum atomic E-state index is 13.6. The van der Waals surface area contributed by atoms with Crippen LogP contribution in [0.2, 0.25) is 0 Å². The van der Waals surface area contributed by atoms with Crippen molar-refractivity contribution in [3.05, 3.63) is 58.3 Å². The Morgan fingerprint density at radius 3 is 2.73 bits per heavy atom. The van der Waals surface area contributed by atoms with Gasteiger partial charge in [-0.25, -0.2) is 13.8 Å². The number of halogens is 2. The fourth-order valence-electron chi connectivity index (χ4n) is 2.06. The zero-order chi connectivity index (χ0) is 16.3. The lowest BCUT2D eigenvalue weighted by Crippen LogP contribution is -2.05. The van der Waals surface area contributed by atoms with Crippen LogP contribution in [-0.2, 0) is 0 Å². The van der Waals surface area contributed by atoms with E-state index >= 15 is 0 Å². The topological polar surface area (TPSA) is 56.9 Å². The first kappa shape index (κ1) is 16.4. The van der Waals surface area contributed by atoms with Gasteiger partial charge in [-0.15, -0.1) is 11.8 Å². The first-order chi connectivity index (χ1) is 10.4. The van der Waals surface area contributed by atoms with Gasteiger partial charge in [0.25, 0.3) is 0 Å². The molecule has 2 rings (SSSR count). The number of nitriles is 1. The molecule has 2 aromatic rings. The fraction of sp³-hybridized carbons (Fsp3) is 0.250. The van der Waals surface area contributed by atoms with Crippen molar-refractivity contribution in [3.8, 4) is 6.07 Å². The smallest absolute Gasteiger partial charge is 0.129 e. The Morgan fingerprint density at radius 1 is 1.32 bits per heavy atom. The molecule has 1 heterocycles. The zero-order valence-electron chi connectivity index (χ0n) is 12.1. The van der Waals surface area contributed by atoms with E-state index in [1.165, 1.54) is 0 Å². The summed E-state index contributed by atoms with van der Waals surface area (Å²) in [5, 5.41) is 19.7. The molecule has 1 atom stereocenters. The molecule has 0 radical (unpaired) electrons. The third-order valence-electron chi connectivity index (χ3n) is 3.12. The highest BCUT2D eigenvalue weighted by molar-refractivity contribution is 7.99. The second-order valence-electron chi connectivity index (χ2n) is 4.87. The molecule has 0 fully saturated rings. The number of rotatable bonds is 4. The second kappa shape index (κ2) is 6.86. The van der Waals surface area contributed by atoms with Crippen molar-refractivity contribution in [2.75, 3.05) is 5.75 Å². The summed E-state index contributed by atoms with van der Waals surface area (Å²) < 4.78 is 26.8. The molecule has 1 N–H and O–H groups in total. The Kier molecular flexibility index (Phi) is 5.11. The summed E-state index contributed by atoms with van der Waals surface area (Å²) in [6.07, 6.45) is -1.19. The van der Waals surface area contributed by atoms with Crippen LogP contribution in [0.5, 0.6) is 0 Å². The van der Waals surface area contributed by atoms with E-state index in [2.05, 4.69) is 11.1 Å². The Morgan fingerprint density at radius 2 is 2.05 bits per heavy atom. The molecule has 0 bridgehead atoms. The van der Waals surface area contributed by atoms with Crippen LogP contribution in [0.25, 0.3) is 0 Å². The number of aromatic nitrogens is 1. The summed E-state index contributed by atoms with van der Waals surface area (Å²) in [6.45, 7) is 3.61. The average Bonchev–Trinajstić information content (AvgIpc) is 2.46. The van der Waals surface area contributed by atoms with E-state index in [-0.39, 0.29) is 11.3 Å². The SMILES string of the molecule is Cc1cc(C)c(C#N)c(SCC(O)c2cc(F)ccc2F)n1. The predicted octanol–water partition coefficient (Wildman–Crippen LogP) is 3.67. The maximum absolute atomic E-state index is 13.6. The van der Waals surface area contributed by atoms with Crippen molar-refractivity contribution < 1.29 is 13.9 Å². The van der Waals surface area contributed by atoms with Gasteiger partial charge in [0, 0.05) is 17.0 Å². The largest absolute Gasteiger partial charge is 0.387 e. The van der Waals surface area contributed by atoms with Gasteiger partial charge in [0.1, 0.15) is 22.7 Å². The third kappa shape index (κ3) is 3.62. The lowest BCUT2D eigenvalue weighted by molar-refractivity contribution is 0.198. The zero-order valence-corrected chi connectivity index (χ0v) is 12.9. The van der Waals surface area contributed by atoms with Crippen LogP contribution in [0.4, 0.5) is 8.78 Å². The summed E-state index contributed by atoms with van der Waals surface area (Å²) in [6, 6.07) is 6.82. The van der Waals surface area contributed by atoms with Crippen LogP contribution in [-0.4, -0.2) is 15.8 Å². The maximum Gasteiger partial charge on any atom is 0.129 e. The van der Waals surface area contributed by atoms with Gasteiger partial charge in [-0.3, -0.25) is 0 Å². The van der Waals surface area contributed by atoms with Crippen molar-refractivity contribution >= 4 is 11.8 Å². The number of aliphatic hydroxyl groups is 1. The number of thioether (sulfide) groups is 1. The highest BCUT2D eigenvalue weighted by Gasteiger charge is 2.16. The fourth-order valence-corrected chi connectivity index (χ4v) is 3.12. The minimum absolute atomic E-state index is 0.0744. The van der Waals surface area contributed by atoms with E-state index in [4.69, 9.17) is 0 Å². The van der Waals surface area contributed by atoms with Crippen LogP contribution in [0.1, 0.15) is 28.5 Å². The van der Waals surface area contributed by atoms with Gasteiger partial charge in [0.05, 0.1) is 11.7 Å². The van der Waals surface area contributed by atoms with Crippen molar-refractivity contribution in [2.45, 2.75) is 25.0 Å². The highest BCUT2D eigenvalue weighted by atomic mass is 32.2. The predicted molar refractivity (Wildman–Crippen MR) is 80.5 cm³/mol. The van der Waals surface area contributed by atoms with E-state index in [0.29, 0.717) is 10.6 Å². The summed E-state index contributed by atoms with van der Waals surface area (Å²) in [5.41, 5.74) is 1.88. The quantitative estimate of drug-likeness (QED) is 0.873. The van der Waals surface area contributed by atoms with Gasteiger partial charge in [-0.2, -0.15) is 5.26 Å². The van der Waals surface area contributed by atoms with Gasteiger partial charge >= 0.3 is 0 Å². The van der Waals surface area contributed by atoms with Gasteiger partial charge in [-0.05, 0) is 43.7 Å². The van der Waals surface area contributed by atoms with Gasteiger partial charge in [0.2, 0.25) is 0 Å². The highest BCUT2D eigenvalue weighted by Crippen LogP contribution is 2.29. The van der Waals surface area contributed by atoms with E-state index in [1.54, 1.807) is 19.9 Å². The molecule has 3 nitrogen and oxygen atoms in total. The molecule has 0 aliphatic heterocycles. The molecule has 0 saturated carbocycles. The minimum atomic E-state index is -1.19. The van der Waals surface area contributed by atoms with Gasteiger partial charge in [0.15, 0.2) is 0 Å². The number of pyridine rings is 1. The van der Waals surface area contributed by atoms with Crippen LogP contribution >= 0.6 is 11.8 Å². The number of benzene rings is 1. The first-order valence-corrected chi connectivity index (χ1v) is 7.55. The van der Waals surface area contributed by atoms with Crippen molar-refractivity contribution in [1.29, 1.82) is 5.26 Å². The molecule has 22 heavy (non-hydrogen) atoms. The molecule has 0 aliphatic rings. The molecule has 0 saturated heterocycles. The first-order valence-electron chi connectivity index (χ1n) is 6.56. The van der Waals surface area contributed by atoms with E-state index in [9.17, 15) is 19.1 Å². The van der Waals surface area contributed by atoms with Crippen LogP contribution in [0.15, 0.2) is 29.3 Å². The normalized spacial score (nSPS) is 12.0. The van der Waals surface area contributed by atoms with Gasteiger partial charge < -0.3 is 5.11 Å². The van der Waals surface area contributed by atoms with Crippen LogP contribution in [0, 0.1) is 36.8 Å². The summed E-state index contributed by atoms with van der Waals surface area (Å²) in [7, 11) is 0. The Bertz CT molecular complexity index is 744. The molecule has 6 heteroatoms. The molecule has 0 amide bonds. The van der Waals surface area contributed by atoms with E-state index in [1.807, 2.05) is 0 Å². The molecular weight excluding hydrogens is 306 g/mol. The lowest BCUT2D eigenvalue weighted by Gasteiger charge is -2.13. The standard InChI is InChI=1S/C16H14F2N2OS/c1-9-5-10(2)20-16(13(9)7-19)22-8-15(21)12-6-11(17)3-4-14(12)18/h3-6,15,21H,8H2,1-2H3. The molecule has 1 unspecified atom stereocenters. The molecule has 1 aromatic carbocycles.